The van der Waals surface area contributed by atoms with Crippen LogP contribution in [0.5, 0.6) is 0 Å². The second-order valence-corrected chi connectivity index (χ2v) is 8.61. The van der Waals surface area contributed by atoms with Crippen molar-refractivity contribution in [2.24, 2.45) is 5.92 Å². The fraction of sp³-hybridized carbons (Fsp3) is 0.316. The molecule has 2 N–H and O–H groups in total. The predicted molar refractivity (Wildman–Crippen MR) is 104 cm³/mol. The van der Waals surface area contributed by atoms with E-state index >= 15 is 0 Å². The van der Waals surface area contributed by atoms with E-state index in [0.29, 0.717) is 11.6 Å². The summed E-state index contributed by atoms with van der Waals surface area (Å²) in [6.07, 6.45) is 0.261. The number of amides is 1. The monoisotopic (exact) mass is 394 g/mol. The van der Waals surface area contributed by atoms with Gasteiger partial charge in [-0.25, -0.2) is 8.42 Å². The summed E-state index contributed by atoms with van der Waals surface area (Å²) in [5.41, 5.74) is 0.871. The van der Waals surface area contributed by atoms with Crippen LogP contribution in [0, 0.1) is 5.92 Å². The van der Waals surface area contributed by atoms with Crippen molar-refractivity contribution in [3.63, 3.8) is 0 Å². The Morgan fingerprint density at radius 3 is 2.23 bits per heavy atom. The summed E-state index contributed by atoms with van der Waals surface area (Å²) in [6, 6.07) is 14.2. The van der Waals surface area contributed by atoms with Crippen molar-refractivity contribution in [1.29, 1.82) is 0 Å². The maximum atomic E-state index is 12.7. The summed E-state index contributed by atoms with van der Waals surface area (Å²) in [5, 5.41) is 3.24. The van der Waals surface area contributed by atoms with Crippen LogP contribution in [0.3, 0.4) is 0 Å². The predicted octanol–water partition coefficient (Wildman–Crippen LogP) is 3.00. The Balaban J connectivity index is 2.21. The fourth-order valence-corrected chi connectivity index (χ4v) is 3.66. The van der Waals surface area contributed by atoms with Crippen LogP contribution in [0.25, 0.3) is 0 Å². The van der Waals surface area contributed by atoms with Crippen molar-refractivity contribution in [2.75, 3.05) is 6.54 Å². The first-order chi connectivity index (χ1) is 12.3. The molecule has 0 fully saturated rings. The Bertz CT molecular complexity index is 822. The van der Waals surface area contributed by atoms with Gasteiger partial charge in [-0.2, -0.15) is 4.72 Å². The zero-order valence-electron chi connectivity index (χ0n) is 14.8. The minimum atomic E-state index is -3.85. The number of carbonyl (C=O) groups is 1. The van der Waals surface area contributed by atoms with Gasteiger partial charge in [0.2, 0.25) is 15.9 Å². The first kappa shape index (κ1) is 20.4. The van der Waals surface area contributed by atoms with E-state index in [9.17, 15) is 13.2 Å². The van der Waals surface area contributed by atoms with E-state index in [1.54, 1.807) is 0 Å². The third kappa shape index (κ3) is 6.12. The molecule has 1 unspecified atom stereocenters. The molecule has 0 saturated carbocycles. The molecule has 1 atom stereocenters. The van der Waals surface area contributed by atoms with Crippen LogP contribution in [-0.4, -0.2) is 26.9 Å². The van der Waals surface area contributed by atoms with Gasteiger partial charge < -0.3 is 5.32 Å². The molecule has 140 valence electrons. The Kier molecular flexibility index (Phi) is 7.20. The lowest BCUT2D eigenvalue weighted by Gasteiger charge is -2.19. The van der Waals surface area contributed by atoms with Crippen LogP contribution < -0.4 is 10.0 Å². The molecule has 5 nitrogen and oxygen atoms in total. The van der Waals surface area contributed by atoms with Crippen molar-refractivity contribution < 1.29 is 13.2 Å². The Morgan fingerprint density at radius 1 is 1.04 bits per heavy atom. The van der Waals surface area contributed by atoms with Gasteiger partial charge in [-0.15, -0.1) is 0 Å². The van der Waals surface area contributed by atoms with E-state index in [4.69, 9.17) is 11.6 Å². The Hall–Kier alpha value is -1.89. The van der Waals surface area contributed by atoms with Gasteiger partial charge >= 0.3 is 0 Å². The van der Waals surface area contributed by atoms with Crippen molar-refractivity contribution in [1.82, 2.24) is 10.0 Å². The molecule has 0 aliphatic heterocycles. The molecule has 26 heavy (non-hydrogen) atoms. The number of rotatable bonds is 8. The molecule has 0 radical (unpaired) electrons. The summed E-state index contributed by atoms with van der Waals surface area (Å²) >= 11 is 5.82. The second-order valence-electron chi connectivity index (χ2n) is 6.46. The van der Waals surface area contributed by atoms with Crippen LogP contribution in [-0.2, 0) is 21.2 Å². The van der Waals surface area contributed by atoms with Gasteiger partial charge in [0.15, 0.2) is 0 Å². The van der Waals surface area contributed by atoms with Gasteiger partial charge in [0.05, 0.1) is 4.90 Å². The van der Waals surface area contributed by atoms with Crippen LogP contribution in [0.2, 0.25) is 5.02 Å². The number of benzene rings is 2. The fourth-order valence-electron chi connectivity index (χ4n) is 2.33. The lowest BCUT2D eigenvalue weighted by Crippen LogP contribution is -2.48. The maximum absolute atomic E-state index is 12.7. The van der Waals surface area contributed by atoms with Crippen molar-refractivity contribution in [3.8, 4) is 0 Å². The SMILES string of the molecule is CC(C)CNC(=O)C(Cc1ccccc1)NS(=O)(=O)c1ccc(Cl)cc1. The first-order valence-electron chi connectivity index (χ1n) is 8.37. The van der Waals surface area contributed by atoms with E-state index < -0.39 is 16.1 Å². The summed E-state index contributed by atoms with van der Waals surface area (Å²) in [4.78, 5) is 12.6. The van der Waals surface area contributed by atoms with Crippen LogP contribution in [0.1, 0.15) is 19.4 Å². The molecule has 2 aromatic rings. The molecule has 0 heterocycles. The van der Waals surface area contributed by atoms with Gasteiger partial charge in [0, 0.05) is 11.6 Å². The van der Waals surface area contributed by atoms with Gasteiger partial charge in [0.1, 0.15) is 6.04 Å². The molecule has 2 aromatic carbocycles. The molecule has 1 amide bonds. The summed E-state index contributed by atoms with van der Waals surface area (Å²) < 4.78 is 27.8. The van der Waals surface area contributed by atoms with Gasteiger partial charge in [-0.05, 0) is 42.2 Å². The number of sulfonamides is 1. The molecule has 0 aromatic heterocycles. The summed E-state index contributed by atoms with van der Waals surface area (Å²) in [7, 11) is -3.85. The molecule has 0 saturated heterocycles. The zero-order chi connectivity index (χ0) is 19.2. The number of halogens is 1. The molecule has 0 aliphatic carbocycles. The van der Waals surface area contributed by atoms with Crippen molar-refractivity contribution in [3.05, 3.63) is 65.2 Å². The molecule has 2 rings (SSSR count). The summed E-state index contributed by atoms with van der Waals surface area (Å²) in [6.45, 7) is 4.43. The average Bonchev–Trinajstić information content (AvgIpc) is 2.60. The summed E-state index contributed by atoms with van der Waals surface area (Å²) in [5.74, 6) is -0.0794. The molecule has 0 spiro atoms. The average molecular weight is 395 g/mol. The third-order valence-electron chi connectivity index (χ3n) is 3.71. The minimum absolute atomic E-state index is 0.0663. The Morgan fingerprint density at radius 2 is 1.65 bits per heavy atom. The smallest absolute Gasteiger partial charge is 0.241 e. The second kappa shape index (κ2) is 9.16. The number of carbonyl (C=O) groups excluding carboxylic acids is 1. The lowest BCUT2D eigenvalue weighted by molar-refractivity contribution is -0.122. The van der Waals surface area contributed by atoms with Crippen molar-refractivity contribution in [2.45, 2.75) is 31.2 Å². The maximum Gasteiger partial charge on any atom is 0.241 e. The van der Waals surface area contributed by atoms with Gasteiger partial charge in [0.25, 0.3) is 0 Å². The lowest BCUT2D eigenvalue weighted by atomic mass is 10.1. The highest BCUT2D eigenvalue weighted by molar-refractivity contribution is 7.89. The van der Waals surface area contributed by atoms with Crippen molar-refractivity contribution >= 4 is 27.5 Å². The number of nitrogens with one attached hydrogen (secondary N) is 2. The number of hydrogen-bond acceptors (Lipinski definition) is 3. The highest BCUT2D eigenvalue weighted by Gasteiger charge is 2.26. The molecule has 0 bridgehead atoms. The van der Waals surface area contributed by atoms with Crippen LogP contribution in [0.15, 0.2) is 59.5 Å². The third-order valence-corrected chi connectivity index (χ3v) is 5.44. The van der Waals surface area contributed by atoms with Crippen LogP contribution in [0.4, 0.5) is 0 Å². The largest absolute Gasteiger partial charge is 0.354 e. The highest BCUT2D eigenvalue weighted by atomic mass is 35.5. The Labute approximate surface area is 159 Å². The van der Waals surface area contributed by atoms with E-state index in [-0.39, 0.29) is 23.1 Å². The van der Waals surface area contributed by atoms with Crippen LogP contribution >= 0.6 is 11.6 Å². The minimum Gasteiger partial charge on any atom is -0.354 e. The quantitative estimate of drug-likeness (QED) is 0.722. The van der Waals surface area contributed by atoms with E-state index in [2.05, 4.69) is 10.0 Å². The zero-order valence-corrected chi connectivity index (χ0v) is 16.3. The normalized spacial score (nSPS) is 12.8. The topological polar surface area (TPSA) is 75.3 Å². The molecular weight excluding hydrogens is 372 g/mol. The number of hydrogen-bond donors (Lipinski definition) is 2. The molecule has 7 heteroatoms. The highest BCUT2D eigenvalue weighted by Crippen LogP contribution is 2.15. The van der Waals surface area contributed by atoms with Gasteiger partial charge in [-0.1, -0.05) is 55.8 Å². The van der Waals surface area contributed by atoms with E-state index in [0.717, 1.165) is 5.56 Å². The van der Waals surface area contributed by atoms with Gasteiger partial charge in [-0.3, -0.25) is 4.79 Å². The standard InChI is InChI=1S/C19H23ClN2O3S/c1-14(2)13-21-19(23)18(12-15-6-4-3-5-7-15)22-26(24,25)17-10-8-16(20)9-11-17/h3-11,14,18,22H,12-13H2,1-2H3,(H,21,23). The molecular formula is C19H23ClN2O3S. The van der Waals surface area contributed by atoms with E-state index in [1.807, 2.05) is 44.2 Å². The van der Waals surface area contributed by atoms with E-state index in [1.165, 1.54) is 24.3 Å². The molecule has 0 aliphatic rings. The first-order valence-corrected chi connectivity index (χ1v) is 10.2.